The van der Waals surface area contributed by atoms with Gasteiger partial charge >= 0.3 is 0 Å². The molecule has 1 aromatic rings. The Morgan fingerprint density at radius 2 is 1.29 bits per heavy atom. The number of fused-ring (bicyclic) bond motifs is 1. The number of nitrogens with zero attached hydrogens (tertiary/aromatic N) is 2. The fourth-order valence-corrected chi connectivity index (χ4v) is 3.39. The molecule has 0 spiro atoms. The second kappa shape index (κ2) is 3.59. The molecule has 0 saturated heterocycles. The highest BCUT2D eigenvalue weighted by atomic mass is 32.1. The van der Waals surface area contributed by atoms with E-state index >= 15 is 0 Å². The van der Waals surface area contributed by atoms with Gasteiger partial charge in [-0.3, -0.25) is 0 Å². The zero-order valence-electron chi connectivity index (χ0n) is 8.87. The van der Waals surface area contributed by atoms with Crippen LogP contribution in [-0.4, -0.2) is 0 Å². The molecule has 0 N–H and O–H groups in total. The van der Waals surface area contributed by atoms with E-state index in [4.69, 9.17) is 0 Å². The largest absolute Gasteiger partial charge is 0.172 e. The van der Waals surface area contributed by atoms with E-state index in [2.05, 4.69) is 36.4 Å². The minimum absolute atomic E-state index is 0.555. The van der Waals surface area contributed by atoms with Crippen molar-refractivity contribution in [3.8, 4) is 0 Å². The zero-order chi connectivity index (χ0) is 10.3. The molecular weight excluding hydrogens is 212 g/mol. The Balaban J connectivity index is 2.57. The Hall–Kier alpha value is -0.480. The van der Waals surface area contributed by atoms with Crippen LogP contribution in [-0.2, 0) is 11.4 Å². The van der Waals surface area contributed by atoms with Crippen LogP contribution in [0.4, 0.5) is 11.4 Å². The van der Waals surface area contributed by atoms with E-state index in [1.54, 1.807) is 0 Å². The number of hydrogen-bond donors (Lipinski definition) is 0. The summed E-state index contributed by atoms with van der Waals surface area (Å²) in [6.45, 7) is 8.87. The summed E-state index contributed by atoms with van der Waals surface area (Å²) in [6.07, 6.45) is 0. The van der Waals surface area contributed by atoms with E-state index in [9.17, 15) is 0 Å². The molecule has 0 aliphatic carbocycles. The first-order valence-electron chi connectivity index (χ1n) is 4.86. The summed E-state index contributed by atoms with van der Waals surface area (Å²) in [4.78, 5) is 2.77. The van der Waals surface area contributed by atoms with Crippen molar-refractivity contribution in [1.29, 1.82) is 0 Å². The molecule has 14 heavy (non-hydrogen) atoms. The van der Waals surface area contributed by atoms with E-state index in [0.717, 1.165) is 11.4 Å². The Labute approximate surface area is 92.3 Å². The highest BCUT2D eigenvalue weighted by Crippen LogP contribution is 2.50. The van der Waals surface area contributed by atoms with Crippen molar-refractivity contribution < 1.29 is 0 Å². The summed E-state index contributed by atoms with van der Waals surface area (Å²) < 4.78 is 8.77. The van der Waals surface area contributed by atoms with E-state index in [0.29, 0.717) is 11.8 Å². The zero-order valence-corrected chi connectivity index (χ0v) is 10.5. The number of rotatable bonds is 2. The second-order valence-electron chi connectivity index (χ2n) is 4.10. The molecule has 1 aliphatic heterocycles. The third kappa shape index (κ3) is 1.46. The van der Waals surface area contributed by atoms with Crippen molar-refractivity contribution in [1.82, 2.24) is 0 Å². The van der Waals surface area contributed by atoms with Gasteiger partial charge < -0.3 is 0 Å². The topological polar surface area (TPSA) is 24.7 Å². The molecule has 0 atom stereocenters. The van der Waals surface area contributed by atoms with Crippen LogP contribution in [0.5, 0.6) is 0 Å². The summed E-state index contributed by atoms with van der Waals surface area (Å²) in [7, 11) is 0. The van der Waals surface area contributed by atoms with Crippen LogP contribution in [0.3, 0.4) is 0 Å². The van der Waals surface area contributed by atoms with Crippen molar-refractivity contribution >= 4 is 34.1 Å². The molecule has 1 aromatic heterocycles. The fourth-order valence-electron chi connectivity index (χ4n) is 1.51. The Bertz CT molecular complexity index is 389. The maximum Gasteiger partial charge on any atom is 0.119 e. The molecule has 2 rings (SSSR count). The predicted octanol–water partition coefficient (Wildman–Crippen LogP) is 4.72. The van der Waals surface area contributed by atoms with Crippen LogP contribution in [0.25, 0.3) is 0 Å². The maximum atomic E-state index is 4.38. The van der Waals surface area contributed by atoms with Crippen molar-refractivity contribution in [2.75, 3.05) is 0 Å². The molecule has 0 unspecified atom stereocenters. The molecular formula is C10H14N2S2. The minimum atomic E-state index is 0.555. The average Bonchev–Trinajstić information content (AvgIpc) is 2.59. The van der Waals surface area contributed by atoms with Gasteiger partial charge in [0.1, 0.15) is 11.4 Å². The minimum Gasteiger partial charge on any atom is -0.172 e. The highest BCUT2D eigenvalue weighted by Gasteiger charge is 2.23. The van der Waals surface area contributed by atoms with Gasteiger partial charge in [-0.2, -0.15) is 8.73 Å². The second-order valence-corrected chi connectivity index (χ2v) is 5.71. The van der Waals surface area contributed by atoms with E-state index in [1.807, 2.05) is 11.3 Å². The van der Waals surface area contributed by atoms with Gasteiger partial charge in [0.25, 0.3) is 0 Å². The van der Waals surface area contributed by atoms with Crippen LogP contribution >= 0.6 is 11.3 Å². The van der Waals surface area contributed by atoms with Crippen molar-refractivity contribution in [3.05, 3.63) is 9.75 Å². The Kier molecular flexibility index (Phi) is 2.58. The van der Waals surface area contributed by atoms with Gasteiger partial charge in [-0.25, -0.2) is 0 Å². The van der Waals surface area contributed by atoms with Gasteiger partial charge in [0.05, 0.1) is 11.4 Å². The van der Waals surface area contributed by atoms with Crippen LogP contribution in [0, 0.1) is 0 Å². The Morgan fingerprint density at radius 3 is 1.64 bits per heavy atom. The first-order chi connectivity index (χ1) is 6.61. The molecule has 0 amide bonds. The smallest absolute Gasteiger partial charge is 0.119 e. The predicted molar refractivity (Wildman–Crippen MR) is 64.0 cm³/mol. The van der Waals surface area contributed by atoms with Crippen molar-refractivity contribution in [2.24, 2.45) is 8.73 Å². The molecule has 76 valence electrons. The van der Waals surface area contributed by atoms with Crippen LogP contribution in [0.1, 0.15) is 49.3 Å². The van der Waals surface area contributed by atoms with E-state index in [-0.39, 0.29) is 0 Å². The standard InChI is InChI=1S/C10H14N2S2/c1-5(2)9-7-8(12-14-11-7)10(13-9)6(3)4/h5-6H,1-4H3. The molecule has 0 fully saturated rings. The quantitative estimate of drug-likeness (QED) is 0.707. The molecule has 0 saturated carbocycles. The molecule has 1 aliphatic rings. The summed E-state index contributed by atoms with van der Waals surface area (Å²) in [6, 6.07) is 0. The van der Waals surface area contributed by atoms with Crippen LogP contribution in [0.15, 0.2) is 8.73 Å². The Morgan fingerprint density at radius 1 is 0.857 bits per heavy atom. The lowest BCUT2D eigenvalue weighted by Crippen LogP contribution is -1.80. The first kappa shape index (κ1) is 10.1. The lowest BCUT2D eigenvalue weighted by molar-refractivity contribution is 0.888. The molecule has 2 nitrogen and oxygen atoms in total. The number of thiophene rings is 1. The average molecular weight is 226 g/mol. The summed E-state index contributed by atoms with van der Waals surface area (Å²) in [5.41, 5.74) is 2.28. The third-order valence-corrected chi connectivity index (χ3v) is 4.52. The lowest BCUT2D eigenvalue weighted by atomic mass is 10.1. The molecule has 0 bridgehead atoms. The van der Waals surface area contributed by atoms with Crippen molar-refractivity contribution in [2.45, 2.75) is 39.5 Å². The molecule has 0 radical (unpaired) electrons. The van der Waals surface area contributed by atoms with Crippen molar-refractivity contribution in [3.63, 3.8) is 0 Å². The van der Waals surface area contributed by atoms with Gasteiger partial charge in [0.15, 0.2) is 0 Å². The highest BCUT2D eigenvalue weighted by molar-refractivity contribution is 7.58. The van der Waals surface area contributed by atoms with Crippen LogP contribution < -0.4 is 0 Å². The first-order valence-corrected chi connectivity index (χ1v) is 6.40. The third-order valence-electron chi connectivity index (χ3n) is 2.22. The normalized spacial score (nSPS) is 13.9. The van der Waals surface area contributed by atoms with E-state index in [1.165, 1.54) is 21.1 Å². The molecule has 4 heteroatoms. The lowest BCUT2D eigenvalue weighted by Gasteiger charge is -2.01. The SMILES string of the molecule is CC(C)c1sc(C(C)C)c2c1N=S=N2. The monoisotopic (exact) mass is 226 g/mol. The summed E-state index contributed by atoms with van der Waals surface area (Å²) in [5, 5.41) is 0. The summed E-state index contributed by atoms with van der Waals surface area (Å²) >= 11 is 3.21. The molecule has 0 aromatic carbocycles. The van der Waals surface area contributed by atoms with Gasteiger partial charge in [-0.15, -0.1) is 11.3 Å². The van der Waals surface area contributed by atoms with Gasteiger partial charge in [-0.1, -0.05) is 27.7 Å². The number of hydrogen-bond acceptors (Lipinski definition) is 3. The summed E-state index contributed by atoms with van der Waals surface area (Å²) in [5.74, 6) is 1.11. The van der Waals surface area contributed by atoms with E-state index < -0.39 is 0 Å². The van der Waals surface area contributed by atoms with Crippen LogP contribution in [0.2, 0.25) is 0 Å². The molecule has 2 heterocycles. The van der Waals surface area contributed by atoms with Gasteiger partial charge in [0, 0.05) is 9.75 Å². The maximum absolute atomic E-state index is 4.38. The fraction of sp³-hybridized carbons (Fsp3) is 0.600. The van der Waals surface area contributed by atoms with Gasteiger partial charge in [-0.05, 0) is 11.8 Å². The van der Waals surface area contributed by atoms with Gasteiger partial charge in [0.2, 0.25) is 0 Å².